The first-order valence-electron chi connectivity index (χ1n) is 7.86. The van der Waals surface area contributed by atoms with E-state index in [2.05, 4.69) is 10.4 Å². The number of aliphatic hydroxyl groups is 1. The topological polar surface area (TPSA) is 67.2 Å². The molecule has 1 atom stereocenters. The molecule has 1 amide bonds. The number of para-hydroxylation sites is 1. The molecule has 2 aromatic rings. The van der Waals surface area contributed by atoms with E-state index in [4.69, 9.17) is 0 Å². The highest BCUT2D eigenvalue weighted by atomic mass is 16.3. The maximum absolute atomic E-state index is 12.6. The molecule has 0 radical (unpaired) electrons. The van der Waals surface area contributed by atoms with Gasteiger partial charge in [-0.2, -0.15) is 5.10 Å². The van der Waals surface area contributed by atoms with Gasteiger partial charge < -0.3 is 10.4 Å². The molecule has 1 heterocycles. The molecule has 2 N–H and O–H groups in total. The lowest BCUT2D eigenvalue weighted by Gasteiger charge is -2.31. The normalized spacial score (nSPS) is 12.9. The molecule has 124 valence electrons. The summed E-state index contributed by atoms with van der Waals surface area (Å²) in [4.78, 5) is 12.6. The molecule has 0 bridgehead atoms. The Morgan fingerprint density at radius 3 is 2.52 bits per heavy atom. The largest absolute Gasteiger partial charge is 0.396 e. The first kappa shape index (κ1) is 17.2. The summed E-state index contributed by atoms with van der Waals surface area (Å²) in [6.45, 7) is 8.08. The fourth-order valence-electron chi connectivity index (χ4n) is 2.55. The number of carbonyl (C=O) groups excluding carboxylic acids is 1. The van der Waals surface area contributed by atoms with Gasteiger partial charge in [-0.05, 0) is 30.9 Å². The van der Waals surface area contributed by atoms with Crippen molar-refractivity contribution in [3.8, 4) is 5.69 Å². The minimum absolute atomic E-state index is 0.0461. The van der Waals surface area contributed by atoms with Crippen LogP contribution in [0.1, 0.15) is 43.2 Å². The van der Waals surface area contributed by atoms with Gasteiger partial charge in [-0.3, -0.25) is 4.79 Å². The second kappa shape index (κ2) is 6.96. The summed E-state index contributed by atoms with van der Waals surface area (Å²) in [5.74, 6) is -0.155. The Morgan fingerprint density at radius 1 is 1.30 bits per heavy atom. The summed E-state index contributed by atoms with van der Waals surface area (Å²) >= 11 is 0. The van der Waals surface area contributed by atoms with Crippen LogP contribution in [0.4, 0.5) is 0 Å². The van der Waals surface area contributed by atoms with Crippen molar-refractivity contribution in [3.63, 3.8) is 0 Å². The van der Waals surface area contributed by atoms with E-state index in [0.29, 0.717) is 12.0 Å². The number of aliphatic hydroxyl groups excluding tert-OH is 1. The molecule has 2 rings (SSSR count). The number of hydrogen-bond donors (Lipinski definition) is 2. The Kier molecular flexibility index (Phi) is 5.21. The smallest absolute Gasteiger partial charge is 0.254 e. The van der Waals surface area contributed by atoms with Gasteiger partial charge >= 0.3 is 0 Å². The highest BCUT2D eigenvalue weighted by Gasteiger charge is 2.27. The van der Waals surface area contributed by atoms with E-state index in [1.165, 1.54) is 0 Å². The molecule has 0 aliphatic rings. The van der Waals surface area contributed by atoms with Crippen molar-refractivity contribution in [1.82, 2.24) is 15.1 Å². The Bertz CT molecular complexity index is 657. The van der Waals surface area contributed by atoms with Crippen molar-refractivity contribution >= 4 is 5.91 Å². The van der Waals surface area contributed by atoms with Gasteiger partial charge in [0.15, 0.2) is 0 Å². The Morgan fingerprint density at radius 2 is 1.96 bits per heavy atom. The van der Waals surface area contributed by atoms with E-state index in [-0.39, 0.29) is 24.0 Å². The lowest BCUT2D eigenvalue weighted by molar-refractivity contribution is 0.0884. The van der Waals surface area contributed by atoms with Crippen molar-refractivity contribution in [2.24, 2.45) is 5.41 Å². The van der Waals surface area contributed by atoms with Crippen LogP contribution in [0.2, 0.25) is 0 Å². The predicted molar refractivity (Wildman–Crippen MR) is 90.7 cm³/mol. The standard InChI is InChI=1S/C18H25N3O2/c1-13-15(12-19-21(13)14-8-6-5-7-9-14)17(23)20-16(10-11-22)18(2,3)4/h5-9,12,16,22H,10-11H2,1-4H3,(H,20,23). The van der Waals surface area contributed by atoms with Crippen LogP contribution >= 0.6 is 0 Å². The summed E-state index contributed by atoms with van der Waals surface area (Å²) in [7, 11) is 0. The summed E-state index contributed by atoms with van der Waals surface area (Å²) < 4.78 is 1.76. The molecular formula is C18H25N3O2. The summed E-state index contributed by atoms with van der Waals surface area (Å²) in [5, 5.41) is 16.6. The fourth-order valence-corrected chi connectivity index (χ4v) is 2.55. The maximum Gasteiger partial charge on any atom is 0.254 e. The molecule has 0 aliphatic heterocycles. The first-order chi connectivity index (χ1) is 10.8. The molecule has 0 saturated carbocycles. The number of rotatable bonds is 5. The number of nitrogens with one attached hydrogen (secondary N) is 1. The second-order valence-electron chi connectivity index (χ2n) is 6.80. The third-order valence-electron chi connectivity index (χ3n) is 4.02. The van der Waals surface area contributed by atoms with E-state index in [1.54, 1.807) is 10.9 Å². The van der Waals surface area contributed by atoms with E-state index in [1.807, 2.05) is 58.0 Å². The third-order valence-corrected chi connectivity index (χ3v) is 4.02. The van der Waals surface area contributed by atoms with Gasteiger partial charge in [-0.1, -0.05) is 39.0 Å². The lowest BCUT2D eigenvalue weighted by Crippen LogP contribution is -2.44. The Labute approximate surface area is 137 Å². The van der Waals surface area contributed by atoms with Crippen LogP contribution in [0, 0.1) is 12.3 Å². The van der Waals surface area contributed by atoms with E-state index >= 15 is 0 Å². The van der Waals surface area contributed by atoms with Crippen LogP contribution < -0.4 is 5.32 Å². The number of hydrogen-bond acceptors (Lipinski definition) is 3. The van der Waals surface area contributed by atoms with Gasteiger partial charge in [0, 0.05) is 12.6 Å². The maximum atomic E-state index is 12.6. The van der Waals surface area contributed by atoms with Gasteiger partial charge in [0.1, 0.15) is 0 Å². The average molecular weight is 315 g/mol. The van der Waals surface area contributed by atoms with Crippen molar-refractivity contribution < 1.29 is 9.90 Å². The molecule has 5 nitrogen and oxygen atoms in total. The SMILES string of the molecule is Cc1c(C(=O)NC(CCO)C(C)(C)C)cnn1-c1ccccc1. The predicted octanol–water partition coefficient (Wildman–Crippen LogP) is 2.71. The highest BCUT2D eigenvalue weighted by molar-refractivity contribution is 5.95. The van der Waals surface area contributed by atoms with Crippen LogP contribution in [-0.2, 0) is 0 Å². The molecule has 0 spiro atoms. The molecule has 5 heteroatoms. The van der Waals surface area contributed by atoms with E-state index < -0.39 is 0 Å². The molecule has 0 saturated heterocycles. The fraction of sp³-hybridized carbons (Fsp3) is 0.444. The second-order valence-corrected chi connectivity index (χ2v) is 6.80. The van der Waals surface area contributed by atoms with Gasteiger partial charge in [0.25, 0.3) is 5.91 Å². The third kappa shape index (κ3) is 3.99. The Hall–Kier alpha value is -2.14. The number of aromatic nitrogens is 2. The first-order valence-corrected chi connectivity index (χ1v) is 7.86. The van der Waals surface area contributed by atoms with Gasteiger partial charge in [-0.25, -0.2) is 4.68 Å². The molecule has 23 heavy (non-hydrogen) atoms. The summed E-state index contributed by atoms with van der Waals surface area (Å²) in [6, 6.07) is 9.62. The van der Waals surface area contributed by atoms with Crippen molar-refractivity contribution in [2.45, 2.75) is 40.2 Å². The van der Waals surface area contributed by atoms with Crippen molar-refractivity contribution in [3.05, 3.63) is 47.8 Å². The van der Waals surface area contributed by atoms with Gasteiger partial charge in [-0.15, -0.1) is 0 Å². The zero-order valence-electron chi connectivity index (χ0n) is 14.2. The number of nitrogens with zero attached hydrogens (tertiary/aromatic N) is 2. The van der Waals surface area contributed by atoms with Crippen LogP contribution in [0.5, 0.6) is 0 Å². The number of carbonyl (C=O) groups is 1. The molecule has 0 fully saturated rings. The molecular weight excluding hydrogens is 290 g/mol. The minimum atomic E-state index is -0.155. The summed E-state index contributed by atoms with van der Waals surface area (Å²) in [5.41, 5.74) is 2.15. The number of benzene rings is 1. The highest BCUT2D eigenvalue weighted by Crippen LogP contribution is 2.22. The zero-order valence-corrected chi connectivity index (χ0v) is 14.2. The van der Waals surface area contributed by atoms with E-state index in [9.17, 15) is 9.90 Å². The zero-order chi connectivity index (χ0) is 17.0. The monoisotopic (exact) mass is 315 g/mol. The lowest BCUT2D eigenvalue weighted by atomic mass is 9.85. The van der Waals surface area contributed by atoms with Crippen LogP contribution in [0.3, 0.4) is 0 Å². The molecule has 0 aliphatic carbocycles. The average Bonchev–Trinajstić information content (AvgIpc) is 2.88. The van der Waals surface area contributed by atoms with E-state index in [0.717, 1.165) is 11.4 Å². The molecule has 1 unspecified atom stereocenters. The number of amides is 1. The van der Waals surface area contributed by atoms with Crippen LogP contribution in [0.25, 0.3) is 5.69 Å². The van der Waals surface area contributed by atoms with Crippen molar-refractivity contribution in [2.75, 3.05) is 6.61 Å². The summed E-state index contributed by atoms with van der Waals surface area (Å²) in [6.07, 6.45) is 2.12. The molecule has 1 aromatic carbocycles. The molecule has 1 aromatic heterocycles. The van der Waals surface area contributed by atoms with Crippen LogP contribution in [0.15, 0.2) is 36.5 Å². The van der Waals surface area contributed by atoms with Gasteiger partial charge in [0.05, 0.1) is 23.1 Å². The van der Waals surface area contributed by atoms with Gasteiger partial charge in [0.2, 0.25) is 0 Å². The van der Waals surface area contributed by atoms with Crippen LogP contribution in [-0.4, -0.2) is 33.4 Å². The minimum Gasteiger partial charge on any atom is -0.396 e. The Balaban J connectivity index is 2.22. The quantitative estimate of drug-likeness (QED) is 0.891. The van der Waals surface area contributed by atoms with Crippen molar-refractivity contribution in [1.29, 1.82) is 0 Å².